The summed E-state index contributed by atoms with van der Waals surface area (Å²) in [6.45, 7) is 14.4. The number of aliphatic hydroxyl groups excluding tert-OH is 2. The lowest BCUT2D eigenvalue weighted by molar-refractivity contribution is -0.160. The lowest BCUT2D eigenvalue weighted by atomic mass is 9.78. The van der Waals surface area contributed by atoms with Crippen molar-refractivity contribution in [3.63, 3.8) is 0 Å². The molecule has 1 amide bonds. The molecule has 0 saturated carbocycles. The third-order valence-corrected chi connectivity index (χ3v) is 16.3. The molecule has 4 aliphatic rings. The smallest absolute Gasteiger partial charge is 0.312 e. The van der Waals surface area contributed by atoms with Crippen LogP contribution in [0.3, 0.4) is 0 Å². The highest BCUT2D eigenvalue weighted by atomic mass is 16.7. The maximum atomic E-state index is 15.1. The van der Waals surface area contributed by atoms with Crippen LogP contribution >= 0.6 is 0 Å². The van der Waals surface area contributed by atoms with E-state index in [1.807, 2.05) is 6.07 Å². The maximum Gasteiger partial charge on any atom is 0.312 e. The van der Waals surface area contributed by atoms with Gasteiger partial charge in [0.25, 0.3) is 11.7 Å². The molecular weight excluding hydrogens is 997 g/mol. The van der Waals surface area contributed by atoms with Gasteiger partial charge in [0, 0.05) is 112 Å². The second kappa shape index (κ2) is 22.5. The van der Waals surface area contributed by atoms with Crippen molar-refractivity contribution < 1.29 is 72.9 Å². The van der Waals surface area contributed by atoms with Crippen LogP contribution in [0.4, 0.5) is 17.1 Å². The number of ether oxygens (including phenoxy) is 4. The summed E-state index contributed by atoms with van der Waals surface area (Å²) in [6.07, 6.45) is 5.77. The zero-order chi connectivity index (χ0) is 55.9. The number of aromatic nitrogens is 1. The number of nitrogens with one attached hydrogen (secondary N) is 1. The second-order valence-electron chi connectivity index (χ2n) is 21.6. The molecule has 2 saturated heterocycles. The summed E-state index contributed by atoms with van der Waals surface area (Å²) in [6, 6.07) is 3.72. The molecule has 8 rings (SSSR count). The number of anilines is 3. The third-order valence-electron chi connectivity index (χ3n) is 16.3. The number of hydrogen-bond acceptors (Lipinski definition) is 17. The summed E-state index contributed by atoms with van der Waals surface area (Å²) in [7, 11) is 1.43. The van der Waals surface area contributed by atoms with Crippen molar-refractivity contribution in [1.29, 1.82) is 0 Å². The van der Waals surface area contributed by atoms with Gasteiger partial charge in [-0.1, -0.05) is 45.9 Å². The summed E-state index contributed by atoms with van der Waals surface area (Å²) in [5.41, 5.74) is 0.419. The molecule has 3 aromatic carbocycles. The zero-order valence-electron chi connectivity index (χ0n) is 45.0. The molecule has 6 N–H and O–H groups in total. The number of carboxylic acid groups (broad SMARTS) is 2. The first-order valence-corrected chi connectivity index (χ1v) is 26.3. The van der Waals surface area contributed by atoms with Gasteiger partial charge < -0.3 is 64.0 Å². The van der Waals surface area contributed by atoms with Crippen LogP contribution in [0.2, 0.25) is 0 Å². The van der Waals surface area contributed by atoms with E-state index in [1.165, 1.54) is 53.2 Å². The molecule has 20 nitrogen and oxygen atoms in total. The number of aliphatic hydroxyl groups is 2. The van der Waals surface area contributed by atoms with Gasteiger partial charge in [-0.2, -0.15) is 0 Å². The fourth-order valence-electron chi connectivity index (χ4n) is 11.6. The number of amides is 1. The Bertz CT molecular complexity index is 3150. The summed E-state index contributed by atoms with van der Waals surface area (Å²) < 4.78 is 31.0. The van der Waals surface area contributed by atoms with Crippen molar-refractivity contribution in [3.05, 3.63) is 69.6 Å². The number of carbonyl (C=O) groups is 5. The highest BCUT2D eigenvalue weighted by molar-refractivity contribution is 6.26. The number of carbonyl (C=O) groups excluding carboxylic acids is 3. The number of fused-ring (bicyclic) bond motifs is 2. The van der Waals surface area contributed by atoms with E-state index >= 15 is 4.79 Å². The monoisotopic (exact) mass is 1070 g/mol. The molecule has 4 aromatic rings. The Hall–Kier alpha value is -7.03. The summed E-state index contributed by atoms with van der Waals surface area (Å²) in [5, 5.41) is 57.1. The van der Waals surface area contributed by atoms with Gasteiger partial charge in [0.05, 0.1) is 41.2 Å². The van der Waals surface area contributed by atoms with Crippen LogP contribution in [0.15, 0.2) is 57.5 Å². The Morgan fingerprint density at radius 3 is 2.06 bits per heavy atom. The number of allylic oxidation sites excluding steroid dienone is 2. The first kappa shape index (κ1) is 56.2. The molecule has 1 aromatic heterocycles. The van der Waals surface area contributed by atoms with Crippen molar-refractivity contribution in [2.24, 2.45) is 35.5 Å². The van der Waals surface area contributed by atoms with E-state index in [0.717, 1.165) is 5.69 Å². The van der Waals surface area contributed by atoms with E-state index in [1.54, 1.807) is 45.9 Å². The number of rotatable bonds is 8. The molecule has 0 radical (unpaired) electrons. The van der Waals surface area contributed by atoms with Crippen molar-refractivity contribution in [2.45, 2.75) is 124 Å². The minimum Gasteiger partial charge on any atom is -0.505 e. The van der Waals surface area contributed by atoms with E-state index in [-0.39, 0.29) is 80.3 Å². The molecule has 0 aliphatic carbocycles. The Kier molecular flexibility index (Phi) is 16.4. The first-order chi connectivity index (χ1) is 36.4. The fraction of sp³-hybridized carbons (Fsp3) is 0.526. The number of methoxy groups -OCH3 is 1. The molecule has 0 spiro atoms. The fourth-order valence-corrected chi connectivity index (χ4v) is 11.6. The molecular formula is C57H70N4O16. The lowest BCUT2D eigenvalue weighted by Crippen LogP contribution is -2.46. The van der Waals surface area contributed by atoms with E-state index < -0.39 is 94.7 Å². The van der Waals surface area contributed by atoms with Gasteiger partial charge in [0.15, 0.2) is 22.3 Å². The highest BCUT2D eigenvalue weighted by Crippen LogP contribution is 2.49. The standard InChI is InChI=1S/C57H70N4O16/c1-27-11-10-12-28(2)56(72)59-47-51(70)43-42(44-53(32(6)50(43)69)77-57(8,55(44)71)74-22-17-38(73-9)29(3)52(75-33(7)62)31(5)49(68)30(4)48(27)67)46-54(47)76-39-26-36(60-18-13-34(14-19-60)23-40(63)64)25-37(45(39)58-46)61-20-15-35(16-21-61)24-41(65)66/h10-12,17,22,25-27,29-31,34-35,38,48-49,52,67-68,70H,13-16,18-21,23-24H2,1-9H3,(H,59,72)(H,63,64)(H,65,66)/b11-10+,22-17+,28-12-/t27-,29+,30+,31+,38-,48-,49+,52+,57-/m0/s1. The van der Waals surface area contributed by atoms with Crippen LogP contribution in [0.5, 0.6) is 11.5 Å². The van der Waals surface area contributed by atoms with Crippen LogP contribution in [0.25, 0.3) is 33.0 Å². The van der Waals surface area contributed by atoms with Crippen LogP contribution in [0, 0.1) is 42.4 Å². The van der Waals surface area contributed by atoms with E-state index in [2.05, 4.69) is 15.1 Å². The molecule has 0 unspecified atom stereocenters. The Morgan fingerprint density at radius 2 is 1.47 bits per heavy atom. The van der Waals surface area contributed by atoms with Gasteiger partial charge in [-0.05, 0) is 63.5 Å². The number of carboxylic acids is 2. The molecule has 4 aliphatic heterocycles. The highest BCUT2D eigenvalue weighted by Gasteiger charge is 2.50. The molecule has 2 fully saturated rings. The largest absolute Gasteiger partial charge is 0.505 e. The normalized spacial score (nSPS) is 28.7. The quantitative estimate of drug-likeness (QED) is 0.0434. The minimum absolute atomic E-state index is 0.0120. The van der Waals surface area contributed by atoms with Gasteiger partial charge in [0.2, 0.25) is 0 Å². The van der Waals surface area contributed by atoms with Crippen LogP contribution < -0.4 is 25.3 Å². The van der Waals surface area contributed by atoms with Gasteiger partial charge in [-0.3, -0.25) is 28.8 Å². The third kappa shape index (κ3) is 11.1. The maximum absolute atomic E-state index is 15.1. The topological polar surface area (TPSA) is 285 Å². The van der Waals surface area contributed by atoms with Crippen LogP contribution in [-0.4, -0.2) is 124 Å². The Labute approximate surface area is 445 Å². The average molecular weight is 1070 g/mol. The number of benzene rings is 3. The Balaban J connectivity index is 1.35. The summed E-state index contributed by atoms with van der Waals surface area (Å²) >= 11 is 0. The number of nitrogens with zero attached hydrogens (tertiary/aromatic N) is 3. The first-order valence-electron chi connectivity index (χ1n) is 26.3. The zero-order valence-corrected chi connectivity index (χ0v) is 45.0. The number of phenols is 1. The SMILES string of the molecule is CO[C@H]1/C=C/O[C@@]2(C)Oc3c(C)c(=O)c4c(O)c(c5oc6cc(N7CCC(CC(=O)O)CC7)cc(N7CCC(CC(=O)O)CC7)c6nc5c4c3C2=O)NC(=O)/C(C)=C\C=C\[C@H](C)[C@H](O)[C@@H](C)[C@@H](O)[C@@H](C)[C@H](OC(C)=O)[C@@H]1C. The second-order valence-corrected chi connectivity index (χ2v) is 21.6. The number of esters is 1. The van der Waals surface area contributed by atoms with Gasteiger partial charge in [0.1, 0.15) is 28.6 Å². The van der Waals surface area contributed by atoms with Crippen molar-refractivity contribution in [1.82, 2.24) is 4.98 Å². The van der Waals surface area contributed by atoms with Gasteiger partial charge in [-0.15, -0.1) is 0 Å². The molecule has 77 heavy (non-hydrogen) atoms. The molecule has 20 heteroatoms. The number of aliphatic carboxylic acids is 2. The van der Waals surface area contributed by atoms with Crippen LogP contribution in [-0.2, 0) is 33.4 Å². The van der Waals surface area contributed by atoms with Gasteiger partial charge in [-0.25, -0.2) is 4.98 Å². The van der Waals surface area contributed by atoms with Gasteiger partial charge >= 0.3 is 23.7 Å². The van der Waals surface area contributed by atoms with Crippen LogP contribution in [0.1, 0.15) is 103 Å². The lowest BCUT2D eigenvalue weighted by Gasteiger charge is -2.38. The molecule has 5 heterocycles. The Morgan fingerprint density at radius 1 is 0.844 bits per heavy atom. The number of aromatic hydroxyl groups is 1. The van der Waals surface area contributed by atoms with Crippen molar-refractivity contribution in [3.8, 4) is 11.5 Å². The predicted octanol–water partition coefficient (Wildman–Crippen LogP) is 7.38. The molecule has 414 valence electrons. The number of Topliss-reactive ketones (excluding diaryl/α,β-unsaturated/α-hetero) is 1. The van der Waals surface area contributed by atoms with Crippen molar-refractivity contribution >= 4 is 79.6 Å². The van der Waals surface area contributed by atoms with E-state index in [4.69, 9.17) is 28.3 Å². The van der Waals surface area contributed by atoms with Crippen molar-refractivity contribution in [2.75, 3.05) is 48.4 Å². The number of hydrogen-bond donors (Lipinski definition) is 6. The van der Waals surface area contributed by atoms with E-state index in [9.17, 15) is 49.5 Å². The average Bonchev–Trinajstić information content (AvgIpc) is 3.80. The molecule has 4 bridgehead atoms. The number of piperidine rings is 2. The summed E-state index contributed by atoms with van der Waals surface area (Å²) in [4.78, 5) is 89.6. The number of ketones is 1. The predicted molar refractivity (Wildman–Crippen MR) is 286 cm³/mol. The minimum atomic E-state index is -2.13. The molecule has 9 atom stereocenters. The summed E-state index contributed by atoms with van der Waals surface area (Å²) in [5.74, 6) is -9.57. The van der Waals surface area contributed by atoms with E-state index in [0.29, 0.717) is 63.1 Å². The number of phenolic OH excluding ortho intramolecular Hbond substituents is 1.